The zero-order valence-electron chi connectivity index (χ0n) is 14.5. The minimum Gasteiger partial charge on any atom is -0.469 e. The lowest BCUT2D eigenvalue weighted by atomic mass is 9.98. The molecular formula is C20H19Cl2FO4. The minimum absolute atomic E-state index is 0.0637. The molecule has 0 aliphatic heterocycles. The molecule has 2 aromatic carbocycles. The Morgan fingerprint density at radius 1 is 1.22 bits per heavy atom. The van der Waals surface area contributed by atoms with Gasteiger partial charge < -0.3 is 14.9 Å². The van der Waals surface area contributed by atoms with E-state index in [0.717, 1.165) is 0 Å². The van der Waals surface area contributed by atoms with Crippen molar-refractivity contribution in [3.8, 4) is 11.1 Å². The average molecular weight is 413 g/mol. The Morgan fingerprint density at radius 2 is 1.93 bits per heavy atom. The molecule has 2 atom stereocenters. The van der Waals surface area contributed by atoms with Gasteiger partial charge in [-0.2, -0.15) is 0 Å². The van der Waals surface area contributed by atoms with Crippen molar-refractivity contribution >= 4 is 35.2 Å². The number of esters is 1. The van der Waals surface area contributed by atoms with Crippen LogP contribution in [0.5, 0.6) is 0 Å². The first-order chi connectivity index (χ1) is 12.8. The number of rotatable bonds is 7. The van der Waals surface area contributed by atoms with Crippen molar-refractivity contribution in [2.24, 2.45) is 0 Å². The predicted octanol–water partition coefficient (Wildman–Crippen LogP) is 4.49. The molecular weight excluding hydrogens is 394 g/mol. The minimum atomic E-state index is -1.05. The van der Waals surface area contributed by atoms with Gasteiger partial charge in [0, 0.05) is 27.6 Å². The second-order valence-corrected chi connectivity index (χ2v) is 6.77. The molecule has 0 fully saturated rings. The van der Waals surface area contributed by atoms with E-state index in [4.69, 9.17) is 23.2 Å². The Bertz CT molecular complexity index is 839. The normalized spacial score (nSPS) is 13.6. The van der Waals surface area contributed by atoms with Crippen molar-refractivity contribution in [3.63, 3.8) is 0 Å². The second-order valence-electron chi connectivity index (χ2n) is 5.92. The summed E-state index contributed by atoms with van der Waals surface area (Å²) in [5.41, 5.74) is 1.28. The highest BCUT2D eigenvalue weighted by molar-refractivity contribution is 6.36. The highest BCUT2D eigenvalue weighted by Gasteiger charge is 2.16. The smallest absolute Gasteiger partial charge is 0.308 e. The summed E-state index contributed by atoms with van der Waals surface area (Å²) >= 11 is 12.3. The number of carbonyl (C=O) groups excluding carboxylic acids is 1. The van der Waals surface area contributed by atoms with E-state index in [0.29, 0.717) is 26.7 Å². The molecule has 7 heteroatoms. The van der Waals surface area contributed by atoms with Gasteiger partial charge in [-0.25, -0.2) is 4.39 Å². The third-order valence-corrected chi connectivity index (χ3v) is 4.42. The van der Waals surface area contributed by atoms with Gasteiger partial charge >= 0.3 is 5.97 Å². The molecule has 0 aliphatic carbocycles. The van der Waals surface area contributed by atoms with Gasteiger partial charge in [0.15, 0.2) is 0 Å². The molecule has 0 aromatic heterocycles. The molecule has 2 unspecified atom stereocenters. The number of aliphatic hydroxyl groups excluding tert-OH is 2. The fraction of sp³-hybridized carbons (Fsp3) is 0.250. The molecule has 2 N–H and O–H groups in total. The average Bonchev–Trinajstić information content (AvgIpc) is 2.60. The van der Waals surface area contributed by atoms with Crippen molar-refractivity contribution in [2.45, 2.75) is 25.0 Å². The van der Waals surface area contributed by atoms with E-state index in [9.17, 15) is 19.4 Å². The highest BCUT2D eigenvalue weighted by atomic mass is 35.5. The first-order valence-electron chi connectivity index (χ1n) is 8.17. The maximum absolute atomic E-state index is 14.2. The first-order valence-corrected chi connectivity index (χ1v) is 8.92. The van der Waals surface area contributed by atoms with Crippen molar-refractivity contribution in [2.75, 3.05) is 7.11 Å². The highest BCUT2D eigenvalue weighted by Crippen LogP contribution is 2.35. The van der Waals surface area contributed by atoms with Gasteiger partial charge in [0.25, 0.3) is 0 Å². The number of ether oxygens (including phenoxy) is 1. The van der Waals surface area contributed by atoms with Crippen LogP contribution in [-0.4, -0.2) is 35.5 Å². The van der Waals surface area contributed by atoms with Crippen molar-refractivity contribution in [3.05, 3.63) is 63.9 Å². The van der Waals surface area contributed by atoms with Crippen molar-refractivity contribution < 1.29 is 24.1 Å². The lowest BCUT2D eigenvalue weighted by Crippen LogP contribution is -2.20. The standard InChI is InChI=1S/C20H19Cl2FO4/c1-27-20(26)11-14(25)10-13(24)6-7-15-17(8-12(21)9-18(15)22)16-4-2-3-5-19(16)23/h2-9,13-14,24-25H,10-11H2,1H3. The molecule has 27 heavy (non-hydrogen) atoms. The summed E-state index contributed by atoms with van der Waals surface area (Å²) < 4.78 is 18.7. The molecule has 0 spiro atoms. The summed E-state index contributed by atoms with van der Waals surface area (Å²) in [7, 11) is 1.22. The number of hydrogen-bond acceptors (Lipinski definition) is 4. The molecule has 0 heterocycles. The Balaban J connectivity index is 2.27. The summed E-state index contributed by atoms with van der Waals surface area (Å²) in [6.45, 7) is 0. The molecule has 0 saturated carbocycles. The Hall–Kier alpha value is -1.92. The summed E-state index contributed by atoms with van der Waals surface area (Å²) in [6, 6.07) is 9.31. The molecule has 0 bridgehead atoms. The van der Waals surface area contributed by atoms with E-state index >= 15 is 0 Å². The van der Waals surface area contributed by atoms with Crippen LogP contribution < -0.4 is 0 Å². The third-order valence-electron chi connectivity index (χ3n) is 3.89. The number of aliphatic hydroxyl groups is 2. The zero-order valence-corrected chi connectivity index (χ0v) is 16.0. The summed E-state index contributed by atoms with van der Waals surface area (Å²) in [5.74, 6) is -0.999. The van der Waals surface area contributed by atoms with Crippen LogP contribution in [0.25, 0.3) is 17.2 Å². The lowest BCUT2D eigenvalue weighted by molar-refractivity contribution is -0.143. The maximum atomic E-state index is 14.2. The number of hydrogen-bond donors (Lipinski definition) is 2. The van der Waals surface area contributed by atoms with Crippen LogP contribution in [0.2, 0.25) is 10.0 Å². The Labute approximate surface area is 166 Å². The van der Waals surface area contributed by atoms with Gasteiger partial charge in [0.05, 0.1) is 25.7 Å². The van der Waals surface area contributed by atoms with Crippen LogP contribution in [0.15, 0.2) is 42.5 Å². The SMILES string of the molecule is COC(=O)CC(O)CC(O)C=Cc1c(Cl)cc(Cl)cc1-c1ccccc1F. The van der Waals surface area contributed by atoms with E-state index in [-0.39, 0.29) is 12.8 Å². The fourth-order valence-corrected chi connectivity index (χ4v) is 3.14. The van der Waals surface area contributed by atoms with Crippen molar-refractivity contribution in [1.29, 1.82) is 0 Å². The van der Waals surface area contributed by atoms with Gasteiger partial charge in [0.1, 0.15) is 5.82 Å². The van der Waals surface area contributed by atoms with Crippen LogP contribution in [0.1, 0.15) is 18.4 Å². The van der Waals surface area contributed by atoms with Crippen LogP contribution in [-0.2, 0) is 9.53 Å². The van der Waals surface area contributed by atoms with Gasteiger partial charge in [-0.3, -0.25) is 4.79 Å². The summed E-state index contributed by atoms with van der Waals surface area (Å²) in [5, 5.41) is 20.5. The van der Waals surface area contributed by atoms with Gasteiger partial charge in [0.2, 0.25) is 0 Å². The van der Waals surface area contributed by atoms with Crippen LogP contribution >= 0.6 is 23.2 Å². The van der Waals surface area contributed by atoms with E-state index in [1.165, 1.54) is 31.4 Å². The number of methoxy groups -OCH3 is 1. The monoisotopic (exact) mass is 412 g/mol. The van der Waals surface area contributed by atoms with Crippen LogP contribution in [0.4, 0.5) is 4.39 Å². The molecule has 2 rings (SSSR count). The van der Waals surface area contributed by atoms with Crippen LogP contribution in [0, 0.1) is 5.82 Å². The summed E-state index contributed by atoms with van der Waals surface area (Å²) in [6.07, 6.45) is 0.583. The van der Waals surface area contributed by atoms with Gasteiger partial charge in [-0.05, 0) is 23.8 Å². The largest absolute Gasteiger partial charge is 0.469 e. The molecule has 2 aromatic rings. The topological polar surface area (TPSA) is 66.8 Å². The fourth-order valence-electron chi connectivity index (χ4n) is 2.58. The number of benzene rings is 2. The Kier molecular flexibility index (Phi) is 7.80. The van der Waals surface area contributed by atoms with Gasteiger partial charge in [-0.15, -0.1) is 0 Å². The number of halogens is 3. The lowest BCUT2D eigenvalue weighted by Gasteiger charge is -2.13. The molecule has 144 valence electrons. The van der Waals surface area contributed by atoms with Gasteiger partial charge in [-0.1, -0.05) is 53.6 Å². The van der Waals surface area contributed by atoms with E-state index < -0.39 is 24.0 Å². The molecule has 0 aliphatic rings. The molecule has 0 saturated heterocycles. The van der Waals surface area contributed by atoms with Crippen molar-refractivity contribution in [1.82, 2.24) is 0 Å². The van der Waals surface area contributed by atoms with Crippen LogP contribution in [0.3, 0.4) is 0 Å². The zero-order chi connectivity index (χ0) is 20.0. The predicted molar refractivity (Wildman–Crippen MR) is 104 cm³/mol. The van der Waals surface area contributed by atoms with E-state index in [1.54, 1.807) is 24.3 Å². The first kappa shape index (κ1) is 21.4. The third kappa shape index (κ3) is 6.04. The quantitative estimate of drug-likeness (QED) is 0.657. The molecule has 0 amide bonds. The Morgan fingerprint density at radius 3 is 2.59 bits per heavy atom. The molecule has 0 radical (unpaired) electrons. The maximum Gasteiger partial charge on any atom is 0.308 e. The molecule has 4 nitrogen and oxygen atoms in total. The second kappa shape index (κ2) is 9.85. The summed E-state index contributed by atoms with van der Waals surface area (Å²) in [4.78, 5) is 11.1. The number of carbonyl (C=O) groups is 1. The van der Waals surface area contributed by atoms with E-state index in [1.807, 2.05) is 0 Å². The van der Waals surface area contributed by atoms with E-state index in [2.05, 4.69) is 4.74 Å².